The van der Waals surface area contributed by atoms with Gasteiger partial charge in [-0.1, -0.05) is 48.3 Å². The van der Waals surface area contributed by atoms with Crippen molar-refractivity contribution in [2.75, 3.05) is 11.9 Å². The third kappa shape index (κ3) is 4.76. The molecule has 0 radical (unpaired) electrons. The van der Waals surface area contributed by atoms with Crippen LogP contribution in [0.3, 0.4) is 0 Å². The first-order chi connectivity index (χ1) is 12.6. The molecule has 0 saturated carbocycles. The van der Waals surface area contributed by atoms with Gasteiger partial charge in [0.1, 0.15) is 9.33 Å². The van der Waals surface area contributed by atoms with Crippen molar-refractivity contribution in [3.63, 3.8) is 0 Å². The Kier molecular flexibility index (Phi) is 6.52. The number of anilines is 1. The molecule has 0 unspecified atom stereocenters. The number of nitrogens with one attached hydrogen (secondary N) is 1. The summed E-state index contributed by atoms with van der Waals surface area (Å²) in [4.78, 5) is 27.7. The number of nitrogens with zero attached hydrogens (tertiary/aromatic N) is 3. The Labute approximate surface area is 168 Å². The van der Waals surface area contributed by atoms with E-state index in [1.54, 1.807) is 16.2 Å². The van der Waals surface area contributed by atoms with Gasteiger partial charge in [0.05, 0.1) is 4.91 Å². The second kappa shape index (κ2) is 8.85. The maximum Gasteiger partial charge on any atom is 0.266 e. The minimum Gasteiger partial charge on any atom is -0.301 e. The Balaban J connectivity index is 1.49. The SMILES string of the molecule is CCc1nnc(NC(=O)CCCN2C(=O)C(=Cc3cccs3)SC2=S)s1. The molecule has 1 aliphatic rings. The molecule has 10 heteroatoms. The zero-order chi connectivity index (χ0) is 18.5. The van der Waals surface area contributed by atoms with Crippen LogP contribution in [0.1, 0.15) is 29.7 Å². The van der Waals surface area contributed by atoms with Gasteiger partial charge in [0, 0.05) is 17.8 Å². The van der Waals surface area contributed by atoms with E-state index in [9.17, 15) is 9.59 Å². The molecule has 26 heavy (non-hydrogen) atoms. The summed E-state index contributed by atoms with van der Waals surface area (Å²) in [7, 11) is 0. The summed E-state index contributed by atoms with van der Waals surface area (Å²) >= 11 is 9.56. The van der Waals surface area contributed by atoms with Gasteiger partial charge in [0.25, 0.3) is 5.91 Å². The van der Waals surface area contributed by atoms with Gasteiger partial charge in [-0.25, -0.2) is 0 Å². The van der Waals surface area contributed by atoms with Crippen LogP contribution in [0.25, 0.3) is 6.08 Å². The predicted molar refractivity (Wildman–Crippen MR) is 111 cm³/mol. The fourth-order valence-electron chi connectivity index (χ4n) is 2.22. The van der Waals surface area contributed by atoms with Gasteiger partial charge in [0.2, 0.25) is 11.0 Å². The highest BCUT2D eigenvalue weighted by Gasteiger charge is 2.31. The fourth-order valence-corrected chi connectivity index (χ4v) is 4.95. The normalized spacial score (nSPS) is 15.9. The van der Waals surface area contributed by atoms with Crippen LogP contribution in [0.2, 0.25) is 0 Å². The van der Waals surface area contributed by atoms with Crippen LogP contribution in [-0.2, 0) is 16.0 Å². The number of thiophene rings is 1. The summed E-state index contributed by atoms with van der Waals surface area (Å²) in [6.45, 7) is 2.41. The first kappa shape index (κ1) is 19.2. The molecule has 0 aromatic carbocycles. The minimum absolute atomic E-state index is 0.0921. The number of thioether (sulfide) groups is 1. The van der Waals surface area contributed by atoms with Crippen molar-refractivity contribution in [1.29, 1.82) is 0 Å². The van der Waals surface area contributed by atoms with Crippen molar-refractivity contribution in [1.82, 2.24) is 15.1 Å². The van der Waals surface area contributed by atoms with Crippen LogP contribution in [0, 0.1) is 0 Å². The van der Waals surface area contributed by atoms with E-state index in [0.717, 1.165) is 16.3 Å². The first-order valence-electron chi connectivity index (χ1n) is 7.98. The molecule has 0 atom stereocenters. The molecule has 1 fully saturated rings. The average Bonchev–Trinajstić information content (AvgIpc) is 3.33. The van der Waals surface area contributed by atoms with Crippen LogP contribution >= 0.6 is 46.7 Å². The summed E-state index contributed by atoms with van der Waals surface area (Å²) in [5, 5.41) is 14.0. The van der Waals surface area contributed by atoms with Crippen molar-refractivity contribution in [3.8, 4) is 0 Å². The van der Waals surface area contributed by atoms with E-state index in [4.69, 9.17) is 12.2 Å². The van der Waals surface area contributed by atoms with Crippen molar-refractivity contribution >= 4 is 74.0 Å². The van der Waals surface area contributed by atoms with Crippen LogP contribution in [0.4, 0.5) is 5.13 Å². The Morgan fingerprint density at radius 1 is 1.42 bits per heavy atom. The molecule has 0 spiro atoms. The standard InChI is InChI=1S/C16H16N4O2S4/c1-2-13-18-19-15(26-13)17-12(21)6-3-7-20-14(22)11(25-16(20)23)9-10-5-4-8-24-10/h4-5,8-9H,2-3,6-7H2,1H3,(H,17,19,21). The van der Waals surface area contributed by atoms with Crippen molar-refractivity contribution in [3.05, 3.63) is 32.3 Å². The fraction of sp³-hybridized carbons (Fsp3) is 0.312. The zero-order valence-electron chi connectivity index (χ0n) is 13.9. The lowest BCUT2D eigenvalue weighted by atomic mass is 10.2. The number of aryl methyl sites for hydroxylation is 1. The van der Waals surface area contributed by atoms with Gasteiger partial charge in [-0.3, -0.25) is 14.5 Å². The van der Waals surface area contributed by atoms with Crippen molar-refractivity contribution in [2.24, 2.45) is 0 Å². The number of hydrogen-bond acceptors (Lipinski definition) is 8. The third-order valence-electron chi connectivity index (χ3n) is 3.49. The average molecular weight is 425 g/mol. The molecular formula is C16H16N4O2S4. The molecule has 136 valence electrons. The summed E-state index contributed by atoms with van der Waals surface area (Å²) in [6.07, 6.45) is 3.48. The van der Waals surface area contributed by atoms with E-state index in [-0.39, 0.29) is 11.8 Å². The van der Waals surface area contributed by atoms with Gasteiger partial charge in [-0.15, -0.1) is 21.5 Å². The van der Waals surface area contributed by atoms with Crippen LogP contribution < -0.4 is 5.32 Å². The molecule has 1 aliphatic heterocycles. The molecule has 1 N–H and O–H groups in total. The van der Waals surface area contributed by atoms with E-state index >= 15 is 0 Å². The quantitative estimate of drug-likeness (QED) is 0.538. The number of thiocarbonyl (C=S) groups is 1. The maximum atomic E-state index is 12.5. The molecule has 0 aliphatic carbocycles. The highest BCUT2D eigenvalue weighted by atomic mass is 32.2. The second-order valence-corrected chi connectivity index (χ2v) is 9.07. The second-order valence-electron chi connectivity index (χ2n) is 5.36. The third-order valence-corrected chi connectivity index (χ3v) is 6.67. The van der Waals surface area contributed by atoms with E-state index in [2.05, 4.69) is 15.5 Å². The first-order valence-corrected chi connectivity index (χ1v) is 10.9. The highest BCUT2D eigenvalue weighted by molar-refractivity contribution is 8.26. The lowest BCUT2D eigenvalue weighted by Gasteiger charge is -2.13. The minimum atomic E-state index is -0.136. The molecular weight excluding hydrogens is 408 g/mol. The van der Waals surface area contributed by atoms with Crippen LogP contribution in [0.5, 0.6) is 0 Å². The van der Waals surface area contributed by atoms with Crippen LogP contribution in [0.15, 0.2) is 22.4 Å². The summed E-state index contributed by atoms with van der Waals surface area (Å²) in [5.74, 6) is -0.228. The summed E-state index contributed by atoms with van der Waals surface area (Å²) < 4.78 is 0.537. The van der Waals surface area contributed by atoms with Gasteiger partial charge in [0.15, 0.2) is 0 Å². The maximum absolute atomic E-state index is 12.5. The molecule has 2 amide bonds. The van der Waals surface area contributed by atoms with Gasteiger partial charge >= 0.3 is 0 Å². The van der Waals surface area contributed by atoms with E-state index in [1.165, 1.54) is 23.1 Å². The highest BCUT2D eigenvalue weighted by Crippen LogP contribution is 2.33. The molecule has 0 bridgehead atoms. The largest absolute Gasteiger partial charge is 0.301 e. The molecule has 3 heterocycles. The van der Waals surface area contributed by atoms with Crippen molar-refractivity contribution < 1.29 is 9.59 Å². The predicted octanol–water partition coefficient (Wildman–Crippen LogP) is 3.78. The lowest BCUT2D eigenvalue weighted by Crippen LogP contribution is -2.29. The molecule has 1 saturated heterocycles. The van der Waals surface area contributed by atoms with Gasteiger partial charge in [-0.05, 0) is 30.4 Å². The van der Waals surface area contributed by atoms with E-state index in [0.29, 0.717) is 33.7 Å². The summed E-state index contributed by atoms with van der Waals surface area (Å²) in [5.41, 5.74) is 0. The Morgan fingerprint density at radius 3 is 2.96 bits per heavy atom. The summed E-state index contributed by atoms with van der Waals surface area (Å²) in [6, 6.07) is 3.90. The van der Waals surface area contributed by atoms with E-state index < -0.39 is 0 Å². The number of hydrogen-bond donors (Lipinski definition) is 1. The molecule has 3 rings (SSSR count). The smallest absolute Gasteiger partial charge is 0.266 e. The van der Waals surface area contributed by atoms with Crippen LogP contribution in [-0.4, -0.2) is 37.8 Å². The Bertz CT molecular complexity index is 844. The van der Waals surface area contributed by atoms with Gasteiger partial charge < -0.3 is 5.32 Å². The Morgan fingerprint density at radius 2 is 2.27 bits per heavy atom. The number of carbonyl (C=O) groups is 2. The van der Waals surface area contributed by atoms with Crippen molar-refractivity contribution in [2.45, 2.75) is 26.2 Å². The number of carbonyl (C=O) groups excluding carboxylic acids is 2. The lowest BCUT2D eigenvalue weighted by molar-refractivity contribution is -0.122. The topological polar surface area (TPSA) is 75.2 Å². The molecule has 6 nitrogen and oxygen atoms in total. The number of aromatic nitrogens is 2. The molecule has 2 aromatic rings. The zero-order valence-corrected chi connectivity index (χ0v) is 17.2. The Hall–Kier alpha value is -1.62. The number of rotatable bonds is 7. The molecule has 2 aromatic heterocycles. The van der Waals surface area contributed by atoms with Gasteiger partial charge in [-0.2, -0.15) is 0 Å². The van der Waals surface area contributed by atoms with E-state index in [1.807, 2.05) is 30.5 Å². The number of amides is 2. The monoisotopic (exact) mass is 424 g/mol.